The van der Waals surface area contributed by atoms with Crippen LogP contribution in [0.2, 0.25) is 0 Å². The van der Waals surface area contributed by atoms with Crippen molar-refractivity contribution >= 4 is 0 Å². The van der Waals surface area contributed by atoms with Crippen LogP contribution in [0.25, 0.3) is 0 Å². The van der Waals surface area contributed by atoms with E-state index in [0.717, 1.165) is 6.42 Å². The molecule has 2 aromatic rings. The molecule has 2 aromatic carbocycles. The molecule has 1 aliphatic rings. The summed E-state index contributed by atoms with van der Waals surface area (Å²) in [4.78, 5) is 0. The van der Waals surface area contributed by atoms with Gasteiger partial charge in [0.05, 0.1) is 0 Å². The Hall–Kier alpha value is -2.08. The lowest BCUT2D eigenvalue weighted by Gasteiger charge is -2.22. The second-order valence-corrected chi connectivity index (χ2v) is 6.64. The first-order valence-corrected chi connectivity index (χ1v) is 8.04. The molecule has 0 amide bonds. The normalized spacial score (nSPS) is 14.7. The minimum Gasteiger partial charge on any atom is -0.0690 e. The maximum atomic E-state index is 2.34. The monoisotopic (exact) mass is 288 g/mol. The van der Waals surface area contributed by atoms with E-state index in [1.807, 2.05) is 0 Å². The van der Waals surface area contributed by atoms with Crippen LogP contribution in [0.15, 0.2) is 71.3 Å². The first-order valence-electron chi connectivity index (χ1n) is 8.04. The average Bonchev–Trinajstić information content (AvgIpc) is 2.78. The summed E-state index contributed by atoms with van der Waals surface area (Å²) in [6.45, 7) is 8.84. The van der Waals surface area contributed by atoms with Crippen LogP contribution in [0.3, 0.4) is 0 Å². The molecule has 3 rings (SSSR count). The smallest absolute Gasteiger partial charge is 0.0308 e. The minimum absolute atomic E-state index is 0.369. The Morgan fingerprint density at radius 1 is 0.773 bits per heavy atom. The van der Waals surface area contributed by atoms with Gasteiger partial charge in [-0.1, -0.05) is 82.5 Å². The Bertz CT molecular complexity index is 714. The van der Waals surface area contributed by atoms with E-state index in [1.165, 1.54) is 33.4 Å². The zero-order chi connectivity index (χ0) is 15.7. The zero-order valence-corrected chi connectivity index (χ0v) is 14.0. The van der Waals surface area contributed by atoms with E-state index >= 15 is 0 Å². The number of hydrogen-bond donors (Lipinski definition) is 0. The van der Waals surface area contributed by atoms with E-state index in [4.69, 9.17) is 0 Å². The summed E-state index contributed by atoms with van der Waals surface area (Å²) in [5, 5.41) is 0. The molecule has 0 aromatic heterocycles. The van der Waals surface area contributed by atoms with Crippen LogP contribution in [0, 0.1) is 13.8 Å². The molecule has 0 unspecified atom stereocenters. The number of rotatable bonds is 3. The van der Waals surface area contributed by atoms with Crippen molar-refractivity contribution in [2.45, 2.75) is 40.0 Å². The van der Waals surface area contributed by atoms with Crippen LogP contribution >= 0.6 is 0 Å². The molecule has 22 heavy (non-hydrogen) atoms. The molecule has 0 nitrogen and oxygen atoms in total. The maximum Gasteiger partial charge on any atom is 0.0308 e. The van der Waals surface area contributed by atoms with Crippen LogP contribution in [-0.4, -0.2) is 0 Å². The molecule has 0 bridgehead atoms. The van der Waals surface area contributed by atoms with E-state index in [-0.39, 0.29) is 0 Å². The predicted octanol–water partition coefficient (Wildman–Crippen LogP) is 6.10. The highest BCUT2D eigenvalue weighted by Crippen LogP contribution is 2.40. The average molecular weight is 288 g/mol. The van der Waals surface area contributed by atoms with E-state index < -0.39 is 0 Å². The molecular formula is C22H24. The Kier molecular flexibility index (Phi) is 4.02. The standard InChI is InChI=1S/C22H24/c1-15-7-5-9-19(12-15)22(20-10-6-8-16(2)13-20)21-14-17(3)11-18(21)4/h5-13,22H,14H2,1-4H3. The number of allylic oxidation sites excluding steroid dienone is 4. The molecule has 0 saturated heterocycles. The van der Waals surface area contributed by atoms with Gasteiger partial charge in [-0.2, -0.15) is 0 Å². The van der Waals surface area contributed by atoms with E-state index in [9.17, 15) is 0 Å². The van der Waals surface area contributed by atoms with Crippen LogP contribution in [0.5, 0.6) is 0 Å². The van der Waals surface area contributed by atoms with Crippen molar-refractivity contribution in [1.29, 1.82) is 0 Å². The van der Waals surface area contributed by atoms with Crippen LogP contribution in [-0.2, 0) is 0 Å². The fourth-order valence-electron chi connectivity index (χ4n) is 3.58. The highest BCUT2D eigenvalue weighted by molar-refractivity contribution is 5.50. The fourth-order valence-corrected chi connectivity index (χ4v) is 3.58. The van der Waals surface area contributed by atoms with Gasteiger partial charge < -0.3 is 0 Å². The summed E-state index contributed by atoms with van der Waals surface area (Å²) in [7, 11) is 0. The van der Waals surface area contributed by atoms with E-state index in [0.29, 0.717) is 5.92 Å². The largest absolute Gasteiger partial charge is 0.0690 e. The Labute approximate surface area is 134 Å². The Morgan fingerprint density at radius 3 is 1.73 bits per heavy atom. The minimum atomic E-state index is 0.369. The van der Waals surface area contributed by atoms with Gasteiger partial charge in [0, 0.05) is 5.92 Å². The lowest BCUT2D eigenvalue weighted by atomic mass is 9.81. The Morgan fingerprint density at radius 2 is 1.32 bits per heavy atom. The molecule has 0 N–H and O–H groups in total. The third kappa shape index (κ3) is 2.92. The summed E-state index contributed by atoms with van der Waals surface area (Å²) in [6, 6.07) is 17.9. The van der Waals surface area contributed by atoms with Crippen molar-refractivity contribution in [3.63, 3.8) is 0 Å². The first kappa shape index (κ1) is 14.8. The molecular weight excluding hydrogens is 264 g/mol. The van der Waals surface area contributed by atoms with Crippen molar-refractivity contribution in [3.05, 3.63) is 93.6 Å². The van der Waals surface area contributed by atoms with Gasteiger partial charge >= 0.3 is 0 Å². The molecule has 1 aliphatic carbocycles. The molecule has 0 heteroatoms. The van der Waals surface area contributed by atoms with Gasteiger partial charge in [-0.3, -0.25) is 0 Å². The van der Waals surface area contributed by atoms with Gasteiger partial charge in [-0.15, -0.1) is 0 Å². The van der Waals surface area contributed by atoms with E-state index in [2.05, 4.69) is 82.3 Å². The molecule has 112 valence electrons. The van der Waals surface area contributed by atoms with Crippen LogP contribution in [0.4, 0.5) is 0 Å². The fraction of sp³-hybridized carbons (Fsp3) is 0.273. The predicted molar refractivity (Wildman–Crippen MR) is 95.3 cm³/mol. The zero-order valence-electron chi connectivity index (χ0n) is 14.0. The third-order valence-electron chi connectivity index (χ3n) is 4.54. The first-order chi connectivity index (χ1) is 10.5. The van der Waals surface area contributed by atoms with Gasteiger partial charge in [0.2, 0.25) is 0 Å². The highest BCUT2D eigenvalue weighted by atomic mass is 14.3. The van der Waals surface area contributed by atoms with Crippen LogP contribution in [0.1, 0.15) is 48.4 Å². The second kappa shape index (κ2) is 5.96. The van der Waals surface area contributed by atoms with Gasteiger partial charge in [0.1, 0.15) is 0 Å². The van der Waals surface area contributed by atoms with Gasteiger partial charge in [-0.25, -0.2) is 0 Å². The van der Waals surface area contributed by atoms with Crippen molar-refractivity contribution in [2.24, 2.45) is 0 Å². The van der Waals surface area contributed by atoms with Gasteiger partial charge in [-0.05, 0) is 45.2 Å². The highest BCUT2D eigenvalue weighted by Gasteiger charge is 2.23. The molecule has 0 saturated carbocycles. The molecule has 0 heterocycles. The quantitative estimate of drug-likeness (QED) is 0.640. The molecule has 0 fully saturated rings. The summed E-state index contributed by atoms with van der Waals surface area (Å²) in [5.41, 5.74) is 9.93. The lowest BCUT2D eigenvalue weighted by molar-refractivity contribution is 0.891. The van der Waals surface area contributed by atoms with Crippen molar-refractivity contribution in [2.75, 3.05) is 0 Å². The molecule has 0 aliphatic heterocycles. The van der Waals surface area contributed by atoms with Gasteiger partial charge in [0.25, 0.3) is 0 Å². The summed E-state index contributed by atoms with van der Waals surface area (Å²) >= 11 is 0. The topological polar surface area (TPSA) is 0 Å². The molecule has 0 radical (unpaired) electrons. The summed E-state index contributed by atoms with van der Waals surface area (Å²) in [5.74, 6) is 0.369. The maximum absolute atomic E-state index is 2.34. The Balaban J connectivity index is 2.13. The SMILES string of the molecule is CC1=CC(C)=C(C(c2cccc(C)c2)c2cccc(C)c2)C1. The van der Waals surface area contributed by atoms with Crippen molar-refractivity contribution in [3.8, 4) is 0 Å². The lowest BCUT2D eigenvalue weighted by Crippen LogP contribution is -2.06. The van der Waals surface area contributed by atoms with E-state index in [1.54, 1.807) is 5.57 Å². The summed E-state index contributed by atoms with van der Waals surface area (Å²) < 4.78 is 0. The van der Waals surface area contributed by atoms with Crippen molar-refractivity contribution < 1.29 is 0 Å². The third-order valence-corrected chi connectivity index (χ3v) is 4.54. The van der Waals surface area contributed by atoms with Gasteiger partial charge in [0.15, 0.2) is 0 Å². The number of hydrogen-bond acceptors (Lipinski definition) is 0. The number of aryl methyl sites for hydroxylation is 2. The number of benzene rings is 2. The van der Waals surface area contributed by atoms with Crippen LogP contribution < -0.4 is 0 Å². The summed E-state index contributed by atoms with van der Waals surface area (Å²) in [6.07, 6.45) is 3.44. The molecule has 0 spiro atoms. The molecule has 0 atom stereocenters. The second-order valence-electron chi connectivity index (χ2n) is 6.64. The van der Waals surface area contributed by atoms with Crippen molar-refractivity contribution in [1.82, 2.24) is 0 Å².